The van der Waals surface area contributed by atoms with Gasteiger partial charge in [0, 0.05) is 25.5 Å². The average Bonchev–Trinajstić information content (AvgIpc) is 3.29. The van der Waals surface area contributed by atoms with E-state index in [1.54, 1.807) is 43.7 Å². The number of rotatable bonds is 3. The van der Waals surface area contributed by atoms with Gasteiger partial charge in [0.2, 0.25) is 5.88 Å². The van der Waals surface area contributed by atoms with Crippen LogP contribution in [0.5, 0.6) is 5.88 Å². The molecule has 0 fully saturated rings. The van der Waals surface area contributed by atoms with E-state index in [1.165, 1.54) is 22.6 Å². The number of nitrogens with zero attached hydrogens (tertiary/aromatic N) is 5. The van der Waals surface area contributed by atoms with Crippen molar-refractivity contribution in [1.29, 1.82) is 0 Å². The van der Waals surface area contributed by atoms with Crippen molar-refractivity contribution in [1.82, 2.24) is 29.4 Å². The van der Waals surface area contributed by atoms with Gasteiger partial charge >= 0.3 is 6.03 Å². The fraction of sp³-hybridized carbons (Fsp3) is 0.261. The van der Waals surface area contributed by atoms with Gasteiger partial charge in [-0.1, -0.05) is 0 Å². The lowest BCUT2D eigenvalue weighted by Crippen LogP contribution is -2.38. The standard InChI is InChI=1S/C23H24N8O4/c1-13-10-35-11-14-7-16(22(32)30(9-14)17-5-4-6-25-21(17)34-3)28-18-8-15(24-2)19-20(29-18)31(12-26-19)23(33)27-13/h4-9,12-13H,10-11H2,1-3H3,(H,27,33)(H2,24,28,29)/t13-/m1/s1. The average molecular weight is 476 g/mol. The fourth-order valence-electron chi connectivity index (χ4n) is 3.92. The number of fused-ring (bicyclic) bond motifs is 3. The van der Waals surface area contributed by atoms with Crippen molar-refractivity contribution in [3.63, 3.8) is 0 Å². The highest BCUT2D eigenvalue weighted by molar-refractivity contribution is 5.94. The summed E-state index contributed by atoms with van der Waals surface area (Å²) < 4.78 is 14.0. The first-order valence-electron chi connectivity index (χ1n) is 10.9. The largest absolute Gasteiger partial charge is 0.480 e. The van der Waals surface area contributed by atoms with Crippen molar-refractivity contribution in [2.75, 3.05) is 31.4 Å². The summed E-state index contributed by atoms with van der Waals surface area (Å²) in [6.07, 6.45) is 4.70. The molecule has 12 heteroatoms. The number of aromatic nitrogens is 5. The van der Waals surface area contributed by atoms with Crippen molar-refractivity contribution >= 4 is 34.4 Å². The minimum Gasteiger partial charge on any atom is -0.480 e. The van der Waals surface area contributed by atoms with Gasteiger partial charge in [0.05, 0.1) is 32.1 Å². The summed E-state index contributed by atoms with van der Waals surface area (Å²) in [6, 6.07) is 6.27. The molecule has 0 radical (unpaired) electrons. The summed E-state index contributed by atoms with van der Waals surface area (Å²) in [5.41, 5.74) is 2.67. The molecule has 1 amide bonds. The van der Waals surface area contributed by atoms with Gasteiger partial charge in [-0.25, -0.2) is 24.3 Å². The second-order valence-corrected chi connectivity index (χ2v) is 8.05. The quantitative estimate of drug-likeness (QED) is 0.406. The third-order valence-corrected chi connectivity index (χ3v) is 5.54. The molecule has 35 heavy (non-hydrogen) atoms. The Balaban J connectivity index is 1.71. The van der Waals surface area contributed by atoms with Crippen LogP contribution < -0.4 is 26.2 Å². The van der Waals surface area contributed by atoms with Crippen LogP contribution in [0.2, 0.25) is 0 Å². The van der Waals surface area contributed by atoms with Crippen molar-refractivity contribution in [3.05, 3.63) is 58.9 Å². The third-order valence-electron chi connectivity index (χ3n) is 5.54. The first-order chi connectivity index (χ1) is 17.0. The van der Waals surface area contributed by atoms with Crippen LogP contribution in [0.3, 0.4) is 0 Å². The predicted octanol–water partition coefficient (Wildman–Crippen LogP) is 2.25. The Kier molecular flexibility index (Phi) is 5.79. The predicted molar refractivity (Wildman–Crippen MR) is 130 cm³/mol. The molecule has 1 aliphatic heterocycles. The molecule has 0 aliphatic carbocycles. The number of carbonyl (C=O) groups is 1. The van der Waals surface area contributed by atoms with Crippen LogP contribution in [0, 0.1) is 0 Å². The lowest BCUT2D eigenvalue weighted by Gasteiger charge is -2.18. The zero-order valence-electron chi connectivity index (χ0n) is 19.4. The highest BCUT2D eigenvalue weighted by Crippen LogP contribution is 2.26. The summed E-state index contributed by atoms with van der Waals surface area (Å²) in [4.78, 5) is 39.5. The van der Waals surface area contributed by atoms with E-state index in [0.717, 1.165) is 5.56 Å². The van der Waals surface area contributed by atoms with Crippen LogP contribution in [-0.4, -0.2) is 56.9 Å². The number of hydrogen-bond acceptors (Lipinski definition) is 9. The van der Waals surface area contributed by atoms with E-state index in [0.29, 0.717) is 34.2 Å². The van der Waals surface area contributed by atoms with Crippen LogP contribution in [0.15, 0.2) is 47.8 Å². The van der Waals surface area contributed by atoms with Gasteiger partial charge in [-0.05, 0) is 30.7 Å². The van der Waals surface area contributed by atoms with E-state index >= 15 is 0 Å². The second kappa shape index (κ2) is 9.06. The Labute approximate surface area is 199 Å². The molecule has 0 saturated heterocycles. The molecule has 1 atom stereocenters. The van der Waals surface area contributed by atoms with Crippen molar-refractivity contribution in [3.8, 4) is 11.6 Å². The van der Waals surface area contributed by atoms with E-state index in [-0.39, 0.29) is 36.5 Å². The highest BCUT2D eigenvalue weighted by atomic mass is 16.5. The maximum atomic E-state index is 13.5. The summed E-state index contributed by atoms with van der Waals surface area (Å²) in [6.45, 7) is 2.31. The molecular formula is C23H24N8O4. The van der Waals surface area contributed by atoms with Gasteiger partial charge < -0.3 is 25.4 Å². The van der Waals surface area contributed by atoms with Gasteiger partial charge in [-0.15, -0.1) is 0 Å². The number of carbonyl (C=O) groups excluding carboxylic acids is 1. The van der Waals surface area contributed by atoms with E-state index in [2.05, 4.69) is 30.9 Å². The summed E-state index contributed by atoms with van der Waals surface area (Å²) in [7, 11) is 3.25. The first-order valence-corrected chi connectivity index (χ1v) is 10.9. The molecule has 0 aromatic carbocycles. The van der Waals surface area contributed by atoms with E-state index < -0.39 is 0 Å². The fourth-order valence-corrected chi connectivity index (χ4v) is 3.92. The Morgan fingerprint density at radius 1 is 1.23 bits per heavy atom. The molecule has 1 aliphatic rings. The topological polar surface area (TPSA) is 137 Å². The number of pyridine rings is 3. The molecule has 0 saturated carbocycles. The number of methoxy groups -OCH3 is 1. The van der Waals surface area contributed by atoms with Crippen LogP contribution in [0.25, 0.3) is 16.9 Å². The molecule has 4 aromatic rings. The van der Waals surface area contributed by atoms with Gasteiger partial charge in [0.25, 0.3) is 5.56 Å². The Morgan fingerprint density at radius 2 is 2.09 bits per heavy atom. The van der Waals surface area contributed by atoms with Crippen LogP contribution >= 0.6 is 0 Å². The van der Waals surface area contributed by atoms with Crippen LogP contribution in [0.1, 0.15) is 12.5 Å². The van der Waals surface area contributed by atoms with Gasteiger partial charge in [0.15, 0.2) is 5.65 Å². The van der Waals surface area contributed by atoms with Crippen molar-refractivity contribution in [2.24, 2.45) is 0 Å². The summed E-state index contributed by atoms with van der Waals surface area (Å²) in [5, 5.41) is 9.08. The molecule has 4 bridgehead atoms. The van der Waals surface area contributed by atoms with E-state index in [4.69, 9.17) is 9.47 Å². The second-order valence-electron chi connectivity index (χ2n) is 8.05. The number of imidazole rings is 1. The Morgan fingerprint density at radius 3 is 2.89 bits per heavy atom. The smallest absolute Gasteiger partial charge is 0.328 e. The van der Waals surface area contributed by atoms with Crippen molar-refractivity contribution in [2.45, 2.75) is 19.6 Å². The number of ether oxygens (including phenoxy) is 2. The third kappa shape index (κ3) is 4.15. The van der Waals surface area contributed by atoms with Gasteiger partial charge in [0.1, 0.15) is 29.0 Å². The molecule has 3 N–H and O–H groups in total. The molecule has 4 aromatic heterocycles. The zero-order chi connectivity index (χ0) is 24.5. The lowest BCUT2D eigenvalue weighted by molar-refractivity contribution is 0.104. The highest BCUT2D eigenvalue weighted by Gasteiger charge is 2.19. The Hall–Kier alpha value is -4.45. The number of nitrogens with one attached hydrogen (secondary N) is 3. The number of hydrogen-bond donors (Lipinski definition) is 3. The molecular weight excluding hydrogens is 452 g/mol. The Bertz CT molecular complexity index is 1480. The number of amides is 1. The summed E-state index contributed by atoms with van der Waals surface area (Å²) >= 11 is 0. The number of anilines is 3. The maximum Gasteiger partial charge on any atom is 0.328 e. The minimum absolute atomic E-state index is 0.211. The molecule has 0 unspecified atom stereocenters. The molecule has 0 spiro atoms. The molecule has 5 rings (SSSR count). The zero-order valence-corrected chi connectivity index (χ0v) is 19.4. The van der Waals surface area contributed by atoms with E-state index in [1.807, 2.05) is 6.92 Å². The lowest BCUT2D eigenvalue weighted by atomic mass is 10.2. The SMILES string of the molecule is CNc1cc2nc3c1ncn3C(=O)N[C@H](C)COCc1cc(c(=O)n(-c3cccnc3OC)c1)N2. The monoisotopic (exact) mass is 476 g/mol. The minimum atomic E-state index is -0.378. The van der Waals surface area contributed by atoms with Crippen LogP contribution in [0.4, 0.5) is 22.0 Å². The van der Waals surface area contributed by atoms with Crippen LogP contribution in [-0.2, 0) is 11.3 Å². The van der Waals surface area contributed by atoms with Gasteiger partial charge in [-0.3, -0.25) is 9.36 Å². The molecule has 5 heterocycles. The molecule has 180 valence electrons. The van der Waals surface area contributed by atoms with E-state index in [9.17, 15) is 9.59 Å². The van der Waals surface area contributed by atoms with Crippen molar-refractivity contribution < 1.29 is 14.3 Å². The normalized spacial score (nSPS) is 15.9. The summed E-state index contributed by atoms with van der Waals surface area (Å²) in [5.74, 6) is 0.673. The molecule has 12 nitrogen and oxygen atoms in total. The van der Waals surface area contributed by atoms with Gasteiger partial charge in [-0.2, -0.15) is 0 Å². The maximum absolute atomic E-state index is 13.5. The first kappa shape index (κ1) is 22.3.